The summed E-state index contributed by atoms with van der Waals surface area (Å²) in [5, 5.41) is 1.95. The molecule has 0 radical (unpaired) electrons. The molecule has 2 aliphatic rings. The quantitative estimate of drug-likeness (QED) is 0.427. The smallest absolute Gasteiger partial charge is 0.341 e. The third-order valence-corrected chi connectivity index (χ3v) is 7.42. The van der Waals surface area contributed by atoms with E-state index in [0.717, 1.165) is 21.0 Å². The zero-order valence-corrected chi connectivity index (χ0v) is 19.2. The molecule has 3 aromatic rings. The highest BCUT2D eigenvalue weighted by Gasteiger charge is 2.61. The Labute approximate surface area is 195 Å². The van der Waals surface area contributed by atoms with Crippen molar-refractivity contribution in [2.45, 2.75) is 26.0 Å². The lowest BCUT2D eigenvalue weighted by molar-refractivity contribution is -0.126. The lowest BCUT2D eigenvalue weighted by Gasteiger charge is -2.28. The van der Waals surface area contributed by atoms with Gasteiger partial charge in [-0.1, -0.05) is 48.5 Å². The minimum absolute atomic E-state index is 0.248. The average Bonchev–Trinajstić information content (AvgIpc) is 3.45. The number of ether oxygens (including phenoxy) is 1. The van der Waals surface area contributed by atoms with Crippen molar-refractivity contribution < 1.29 is 24.0 Å². The zero-order chi connectivity index (χ0) is 23.3. The number of rotatable bonds is 4. The van der Waals surface area contributed by atoms with E-state index in [1.54, 1.807) is 12.0 Å². The van der Waals surface area contributed by atoms with E-state index in [1.807, 2.05) is 67.6 Å². The monoisotopic (exact) mass is 462 g/mol. The number of anilines is 2. The van der Waals surface area contributed by atoms with Crippen LogP contribution < -0.4 is 9.96 Å². The van der Waals surface area contributed by atoms with Crippen LogP contribution in [0.1, 0.15) is 32.4 Å². The second kappa shape index (κ2) is 8.13. The average molecular weight is 463 g/mol. The van der Waals surface area contributed by atoms with Gasteiger partial charge in [0, 0.05) is 4.88 Å². The maximum Gasteiger partial charge on any atom is 0.341 e. The number of hydrogen-bond acceptors (Lipinski definition) is 7. The second-order valence-electron chi connectivity index (χ2n) is 8.04. The number of aryl methyl sites for hydroxylation is 1. The van der Waals surface area contributed by atoms with E-state index in [-0.39, 0.29) is 11.5 Å². The van der Waals surface area contributed by atoms with Gasteiger partial charge in [-0.15, -0.1) is 11.3 Å². The second-order valence-corrected chi connectivity index (χ2v) is 9.24. The molecule has 1 aromatic heterocycles. The molecule has 168 valence electrons. The molecule has 33 heavy (non-hydrogen) atoms. The van der Waals surface area contributed by atoms with Crippen LogP contribution in [0.5, 0.6) is 0 Å². The Morgan fingerprint density at radius 3 is 2.24 bits per heavy atom. The molecule has 2 aliphatic heterocycles. The van der Waals surface area contributed by atoms with Gasteiger partial charge in [-0.3, -0.25) is 14.4 Å². The normalized spacial score (nSPS) is 22.1. The Hall–Kier alpha value is -3.49. The molecule has 2 amide bonds. The number of para-hydroxylation sites is 1. The Balaban J connectivity index is 1.60. The molecule has 0 aliphatic carbocycles. The van der Waals surface area contributed by atoms with Crippen LogP contribution >= 0.6 is 11.3 Å². The van der Waals surface area contributed by atoms with Gasteiger partial charge in [0.2, 0.25) is 5.91 Å². The number of thiophene rings is 1. The van der Waals surface area contributed by atoms with E-state index < -0.39 is 29.9 Å². The first-order chi connectivity index (χ1) is 15.9. The number of amides is 2. The third kappa shape index (κ3) is 3.25. The van der Waals surface area contributed by atoms with E-state index in [2.05, 4.69) is 0 Å². The van der Waals surface area contributed by atoms with Gasteiger partial charge in [0.25, 0.3) is 5.91 Å². The molecule has 7 nitrogen and oxygen atoms in total. The van der Waals surface area contributed by atoms with Crippen molar-refractivity contribution in [1.29, 1.82) is 0 Å². The van der Waals surface area contributed by atoms with Gasteiger partial charge in [0.15, 0.2) is 6.10 Å². The molecule has 5 rings (SSSR count). The fraction of sp³-hybridized carbons (Fsp3) is 0.240. The highest BCUT2D eigenvalue weighted by Crippen LogP contribution is 2.49. The van der Waals surface area contributed by atoms with E-state index in [1.165, 1.54) is 18.4 Å². The zero-order valence-electron chi connectivity index (χ0n) is 18.3. The predicted molar refractivity (Wildman–Crippen MR) is 124 cm³/mol. The van der Waals surface area contributed by atoms with Gasteiger partial charge in [0.1, 0.15) is 10.9 Å². The number of carbonyl (C=O) groups excluding carboxylic acids is 3. The highest BCUT2D eigenvalue weighted by atomic mass is 32.1. The topological polar surface area (TPSA) is 76.2 Å². The number of esters is 1. The van der Waals surface area contributed by atoms with Crippen LogP contribution in [0.3, 0.4) is 0 Å². The molecule has 0 saturated carbocycles. The van der Waals surface area contributed by atoms with Gasteiger partial charge < -0.3 is 4.74 Å². The number of nitrogens with zero attached hydrogens (tertiary/aromatic N) is 2. The number of hydroxylamine groups is 1. The van der Waals surface area contributed by atoms with Crippen molar-refractivity contribution in [2.75, 3.05) is 17.1 Å². The lowest BCUT2D eigenvalue weighted by Crippen LogP contribution is -2.37. The fourth-order valence-corrected chi connectivity index (χ4v) is 5.67. The summed E-state index contributed by atoms with van der Waals surface area (Å²) in [5.74, 6) is -2.19. The van der Waals surface area contributed by atoms with Crippen molar-refractivity contribution >= 4 is 39.8 Å². The van der Waals surface area contributed by atoms with E-state index in [9.17, 15) is 14.4 Å². The van der Waals surface area contributed by atoms with Crippen LogP contribution in [0.2, 0.25) is 0 Å². The molecule has 2 aromatic carbocycles. The van der Waals surface area contributed by atoms with Crippen molar-refractivity contribution in [1.82, 2.24) is 0 Å². The number of carbonyl (C=O) groups is 3. The SMILES string of the molecule is COC(=O)c1c(N2C(=O)[C@@H]3[C@@H](c4ccccc4)N(c4ccccc4)O[C@H]3C2=O)sc(C)c1C. The summed E-state index contributed by atoms with van der Waals surface area (Å²) in [6.07, 6.45) is -0.990. The highest BCUT2D eigenvalue weighted by molar-refractivity contribution is 7.17. The van der Waals surface area contributed by atoms with Crippen LogP contribution in [-0.4, -0.2) is 31.0 Å². The Morgan fingerprint density at radius 1 is 0.970 bits per heavy atom. The fourth-order valence-electron chi connectivity index (χ4n) is 4.51. The van der Waals surface area contributed by atoms with Crippen LogP contribution in [0.4, 0.5) is 10.7 Å². The summed E-state index contributed by atoms with van der Waals surface area (Å²) in [7, 11) is 1.28. The van der Waals surface area contributed by atoms with Crippen LogP contribution in [-0.2, 0) is 19.2 Å². The first-order valence-electron chi connectivity index (χ1n) is 10.6. The standard InChI is InChI=1S/C25H22N2O5S/c1-14-15(2)33-24(18(14)25(30)31-3)26-22(28)19-20(16-10-6-4-7-11-16)27(32-21(19)23(26)29)17-12-8-5-9-13-17/h4-13,19-21H,1-3H3/t19-,20-,21-/m1/s1. The van der Waals surface area contributed by atoms with Crippen LogP contribution in [0, 0.1) is 19.8 Å². The molecule has 3 heterocycles. The largest absolute Gasteiger partial charge is 0.465 e. The summed E-state index contributed by atoms with van der Waals surface area (Å²) in [5.41, 5.74) is 2.57. The maximum absolute atomic E-state index is 13.8. The van der Waals surface area contributed by atoms with E-state index >= 15 is 0 Å². The predicted octanol–water partition coefficient (Wildman–Crippen LogP) is 4.20. The first kappa shape index (κ1) is 21.4. The Bertz CT molecular complexity index is 1240. The molecule has 2 saturated heterocycles. The Morgan fingerprint density at radius 2 is 1.61 bits per heavy atom. The van der Waals surface area contributed by atoms with Crippen LogP contribution in [0.15, 0.2) is 60.7 Å². The molecular weight excluding hydrogens is 440 g/mol. The van der Waals surface area contributed by atoms with Gasteiger partial charge in [-0.2, -0.15) is 0 Å². The van der Waals surface area contributed by atoms with Crippen molar-refractivity contribution in [2.24, 2.45) is 5.92 Å². The molecule has 3 atom stereocenters. The summed E-state index contributed by atoms with van der Waals surface area (Å²) >= 11 is 1.24. The number of imide groups is 1. The number of methoxy groups -OCH3 is 1. The molecule has 0 unspecified atom stereocenters. The molecule has 8 heteroatoms. The van der Waals surface area contributed by atoms with Crippen molar-refractivity contribution in [3.8, 4) is 0 Å². The summed E-state index contributed by atoms with van der Waals surface area (Å²) < 4.78 is 4.94. The van der Waals surface area contributed by atoms with Gasteiger partial charge in [-0.05, 0) is 37.1 Å². The van der Waals surface area contributed by atoms with Crippen molar-refractivity contribution in [3.05, 3.63) is 82.2 Å². The summed E-state index contributed by atoms with van der Waals surface area (Å²) in [6, 6.07) is 18.5. The molecule has 2 fully saturated rings. The maximum atomic E-state index is 13.8. The minimum atomic E-state index is -0.990. The van der Waals surface area contributed by atoms with Gasteiger partial charge in [0.05, 0.1) is 24.4 Å². The van der Waals surface area contributed by atoms with Gasteiger partial charge >= 0.3 is 5.97 Å². The Kier molecular flexibility index (Phi) is 5.26. The lowest BCUT2D eigenvalue weighted by atomic mass is 9.90. The van der Waals surface area contributed by atoms with Gasteiger partial charge in [-0.25, -0.2) is 14.8 Å². The summed E-state index contributed by atoms with van der Waals surface area (Å²) in [4.78, 5) is 47.9. The van der Waals surface area contributed by atoms with Crippen LogP contribution in [0.25, 0.3) is 0 Å². The summed E-state index contributed by atoms with van der Waals surface area (Å²) in [6.45, 7) is 3.63. The minimum Gasteiger partial charge on any atom is -0.465 e. The molecule has 0 bridgehead atoms. The van der Waals surface area contributed by atoms with E-state index in [4.69, 9.17) is 9.57 Å². The van der Waals surface area contributed by atoms with Crippen molar-refractivity contribution in [3.63, 3.8) is 0 Å². The first-order valence-corrected chi connectivity index (χ1v) is 11.4. The van der Waals surface area contributed by atoms with E-state index in [0.29, 0.717) is 10.6 Å². The molecule has 0 N–H and O–H groups in total. The molecular formula is C25H22N2O5S. The number of fused-ring (bicyclic) bond motifs is 1. The molecule has 0 spiro atoms. The third-order valence-electron chi connectivity index (χ3n) is 6.23. The number of benzene rings is 2. The number of hydrogen-bond donors (Lipinski definition) is 0.